The van der Waals surface area contributed by atoms with E-state index in [1.807, 2.05) is 117 Å². The molecule has 4 aliphatic heterocycles. The average Bonchev–Trinajstić information content (AvgIpc) is 0.769. The van der Waals surface area contributed by atoms with Crippen LogP contribution in [0, 0.1) is 0 Å². The van der Waals surface area contributed by atoms with Crippen molar-refractivity contribution in [3.8, 4) is 0 Å². The molecule has 32 heteroatoms. The van der Waals surface area contributed by atoms with E-state index in [0.717, 1.165) is 137 Å². The van der Waals surface area contributed by atoms with Crippen molar-refractivity contribution in [1.82, 2.24) is 83.9 Å². The van der Waals surface area contributed by atoms with Crippen molar-refractivity contribution in [3.05, 3.63) is 350 Å². The Labute approximate surface area is 817 Å². The highest BCUT2D eigenvalue weighted by molar-refractivity contribution is 7.92. The Morgan fingerprint density at radius 3 is 1.71 bits per heavy atom. The fourth-order valence-electron chi connectivity index (χ4n) is 19.2. The van der Waals surface area contributed by atoms with Crippen LogP contribution in [0.25, 0.3) is 44.2 Å². The van der Waals surface area contributed by atoms with Crippen LogP contribution in [-0.2, 0) is 50.1 Å². The van der Waals surface area contributed by atoms with Crippen molar-refractivity contribution in [2.24, 2.45) is 0 Å². The molecule has 0 bridgehead atoms. The fraction of sp³-hybridized carbons (Fsp3) is 0.296. The maximum absolute atomic E-state index is 14.4. The molecule has 20 rings (SSSR count). The predicted octanol–water partition coefficient (Wildman–Crippen LogP) is 16.4. The van der Waals surface area contributed by atoms with E-state index < -0.39 is 35.7 Å². The molecular formula is C108H115N21O8S3. The van der Waals surface area contributed by atoms with E-state index in [4.69, 9.17) is 15.0 Å². The van der Waals surface area contributed by atoms with E-state index in [0.29, 0.717) is 121 Å². The van der Waals surface area contributed by atoms with Crippen LogP contribution in [0.15, 0.2) is 302 Å². The van der Waals surface area contributed by atoms with Gasteiger partial charge in [0.05, 0.1) is 56.1 Å². The highest BCUT2D eigenvalue weighted by Gasteiger charge is 2.35. The highest BCUT2D eigenvalue weighted by Crippen LogP contribution is 2.38. The number of pyridine rings is 6. The number of likely N-dealkylation sites (N-methyl/N-ethyl adjacent to an activating group) is 1. The second-order valence-electron chi connectivity index (χ2n) is 36.7. The maximum Gasteiger partial charge on any atom is 0.276 e. The molecule has 5 aliphatic rings. The third kappa shape index (κ3) is 22.1. The zero-order chi connectivity index (χ0) is 97.0. The van der Waals surface area contributed by atoms with Crippen molar-refractivity contribution < 1.29 is 21.0 Å². The number of nitrogens with one attached hydrogen (secondary N) is 5. The fourth-order valence-corrected chi connectivity index (χ4v) is 24.1. The van der Waals surface area contributed by atoms with Crippen LogP contribution in [0.1, 0.15) is 139 Å². The van der Waals surface area contributed by atoms with E-state index >= 15 is 0 Å². The number of likely N-dealkylation sites (tertiary alicyclic amines) is 2. The van der Waals surface area contributed by atoms with Crippen LogP contribution < -0.4 is 48.2 Å². The number of para-hydroxylation sites is 1. The van der Waals surface area contributed by atoms with Crippen molar-refractivity contribution in [2.75, 3.05) is 114 Å². The number of hydrogen-bond donors (Lipinski definition) is 5. The number of benzene rings is 6. The topological polar surface area (TPSA) is 340 Å². The molecule has 0 spiro atoms. The van der Waals surface area contributed by atoms with E-state index in [-0.39, 0.29) is 62.7 Å². The second-order valence-corrected chi connectivity index (χ2v) is 42.4. The predicted molar refractivity (Wildman–Crippen MR) is 555 cm³/mol. The largest absolute Gasteiger partial charge is 0.340 e. The Bertz CT molecular complexity index is 7500. The summed E-state index contributed by atoms with van der Waals surface area (Å²) in [5.41, 5.74) is 13.5. The maximum atomic E-state index is 14.4. The van der Waals surface area contributed by atoms with Gasteiger partial charge in [-0.25, -0.2) is 31.8 Å². The Kier molecular flexibility index (Phi) is 30.1. The summed E-state index contributed by atoms with van der Waals surface area (Å²) < 4.78 is 73.1. The molecule has 4 fully saturated rings. The van der Waals surface area contributed by atoms with E-state index in [1.165, 1.54) is 45.3 Å². The van der Waals surface area contributed by atoms with Crippen molar-refractivity contribution in [3.63, 3.8) is 0 Å². The Morgan fingerprint density at radius 2 is 1.09 bits per heavy atom. The van der Waals surface area contributed by atoms with Gasteiger partial charge in [-0.3, -0.25) is 52.1 Å². The van der Waals surface area contributed by atoms with E-state index in [1.54, 1.807) is 112 Å². The highest BCUT2D eigenvalue weighted by atomic mass is 32.2. The number of hydrogen-bond acceptors (Lipinski definition) is 26. The zero-order valence-electron chi connectivity index (χ0n) is 79.3. The first kappa shape index (κ1) is 96.4. The molecule has 1 saturated carbocycles. The summed E-state index contributed by atoms with van der Waals surface area (Å²) in [6.07, 6.45) is 25.8. The van der Waals surface area contributed by atoms with Gasteiger partial charge in [-0.15, -0.1) is 0 Å². The molecule has 0 radical (unpaired) electrons. The first-order valence-corrected chi connectivity index (χ1v) is 52.1. The average molecular weight is 1930 g/mol. The lowest BCUT2D eigenvalue weighted by molar-refractivity contribution is 0.186. The SMILES string of the molecule is C=C(c1ccccc1)c1cc2cnc(Nc3ccc(C4CCNCC4)cc3)nc2n(Cc2cnccc2S(=O)CCN(C)C)c1=O.CN1CCC(c2ccc(Nc3ncc4cc(N(C)c5ccccc5)c(=O)n(Cc5ncccc5S(=O)(=O)c5ccccc5)c4n3)cc2)C1.CN1CCCCC1c1cc2cnc(Nc3ccc(C4=CCNCC4)cc3)nc2n(Cc2ccncc2S(=O)(=O)C2CCCC2)c1=O. The van der Waals surface area contributed by atoms with Crippen LogP contribution in [0.4, 0.5) is 46.3 Å². The molecule has 0 amide bonds. The molecule has 1 aliphatic carbocycles. The second kappa shape index (κ2) is 43.7. The quantitative estimate of drug-likeness (QED) is 0.0304. The lowest BCUT2D eigenvalue weighted by Crippen LogP contribution is -2.36. The van der Waals surface area contributed by atoms with Crippen LogP contribution in [-0.4, -0.2) is 193 Å². The summed E-state index contributed by atoms with van der Waals surface area (Å²) in [4.78, 5) is 93.7. The zero-order valence-corrected chi connectivity index (χ0v) is 81.7. The Morgan fingerprint density at radius 1 is 0.521 bits per heavy atom. The van der Waals surface area contributed by atoms with E-state index in [9.17, 15) is 35.4 Å². The van der Waals surface area contributed by atoms with Gasteiger partial charge in [0.1, 0.15) is 22.6 Å². The summed E-state index contributed by atoms with van der Waals surface area (Å²) >= 11 is 0. The number of anilines is 8. The molecule has 6 aromatic carbocycles. The lowest BCUT2D eigenvalue weighted by atomic mass is 9.90. The molecule has 9 aromatic heterocycles. The first-order valence-electron chi connectivity index (χ1n) is 47.8. The summed E-state index contributed by atoms with van der Waals surface area (Å²) in [6, 6.07) is 64.4. The molecule has 140 heavy (non-hydrogen) atoms. The van der Waals surface area contributed by atoms with Gasteiger partial charge < -0.3 is 41.3 Å². The van der Waals surface area contributed by atoms with Gasteiger partial charge in [-0.2, -0.15) is 15.0 Å². The Balaban J connectivity index is 0.000000139. The lowest BCUT2D eigenvalue weighted by Gasteiger charge is -2.32. The number of sulfone groups is 2. The van der Waals surface area contributed by atoms with Gasteiger partial charge in [0.25, 0.3) is 16.7 Å². The van der Waals surface area contributed by atoms with Crippen LogP contribution >= 0.6 is 0 Å². The van der Waals surface area contributed by atoms with Crippen LogP contribution in [0.2, 0.25) is 0 Å². The minimum atomic E-state index is -3.92. The molecule has 29 nitrogen and oxygen atoms in total. The Hall–Kier alpha value is -13.8. The van der Waals surface area contributed by atoms with Gasteiger partial charge in [-0.1, -0.05) is 135 Å². The normalized spacial score (nSPS) is 16.4. The molecule has 15 aromatic rings. The standard InChI is InChI=1S/C37H35N7O3S.C36H39N7O2S.C35H41N7O3S/c1-42-21-19-27(24-42)26-15-17-29(18-16-26)40-37-39-23-28-22-33(43(2)30-10-5-3-6-11-30)36(45)44(35(28)41-37)25-32-34(14-9-20-38-32)48(46,47)31-12-7-4-8-13-31;1-25(26-7-5-4-6-8-26)32-21-29-23-39-36(40-31-11-9-27(10-12-31)28-13-16-37-17-14-28)41-34(29)43(35(32)44)24-30-22-38-18-15-33(30)46(45)20-19-42(2)3;1-41-19-5-4-8-31(41)30-20-27-21-38-35(39-28-11-9-24(10-12-28)25-13-16-36-17-14-25)40-33(27)42(34(30)43)23-26-15-18-37-22-32(26)46(44,45)29-6-2-3-7-29/h3-18,20,22-23,27H,19,21,24-25H2,1-2H3,(H,39,40,41);4-12,15,18,21-23,28,37H,1,13-14,16-17,19-20,24H2,2-3H3,(H,39,40,41);9-13,15,18,20-22,29,31,36H,2-8,14,16-17,19,23H2,1H3,(H,38,39,40). The minimum Gasteiger partial charge on any atom is -0.340 e. The smallest absolute Gasteiger partial charge is 0.276 e. The van der Waals surface area contributed by atoms with Crippen LogP contribution in [0.3, 0.4) is 0 Å². The first-order chi connectivity index (χ1) is 68.0. The molecule has 5 N–H and O–H groups in total. The van der Waals surface area contributed by atoms with E-state index in [2.05, 4.69) is 142 Å². The third-order valence-corrected chi connectivity index (χ3v) is 32.7. The van der Waals surface area contributed by atoms with Gasteiger partial charge in [0.15, 0.2) is 9.84 Å². The number of aromatic nitrogens is 12. The third-order valence-electron chi connectivity index (χ3n) is 27.1. The number of nitrogens with zero attached hydrogens (tertiary/aromatic N) is 16. The summed E-state index contributed by atoms with van der Waals surface area (Å²) in [5.74, 6) is 2.61. The summed E-state index contributed by atoms with van der Waals surface area (Å²) in [5, 5.41) is 18.3. The number of piperidine rings is 2. The molecule has 718 valence electrons. The summed E-state index contributed by atoms with van der Waals surface area (Å²) in [7, 11) is 1.14. The van der Waals surface area contributed by atoms with Gasteiger partial charge in [0, 0.05) is 149 Å². The molecular weight excluding hydrogens is 1820 g/mol. The molecule has 3 atom stereocenters. The van der Waals surface area contributed by atoms with Gasteiger partial charge in [0.2, 0.25) is 27.7 Å². The van der Waals surface area contributed by atoms with Crippen LogP contribution in [0.5, 0.6) is 0 Å². The van der Waals surface area contributed by atoms with Crippen molar-refractivity contribution in [1.29, 1.82) is 0 Å². The van der Waals surface area contributed by atoms with Gasteiger partial charge in [-0.05, 0) is 266 Å². The van der Waals surface area contributed by atoms with Crippen molar-refractivity contribution in [2.45, 2.75) is 133 Å². The van der Waals surface area contributed by atoms with Crippen molar-refractivity contribution >= 4 is 121 Å². The monoisotopic (exact) mass is 1930 g/mol. The molecule has 13 heterocycles. The number of rotatable bonds is 28. The molecule has 3 unspecified atom stereocenters. The summed E-state index contributed by atoms with van der Waals surface area (Å²) in [6.45, 7) is 12.0. The molecule has 3 saturated heterocycles. The van der Waals surface area contributed by atoms with Gasteiger partial charge >= 0.3 is 0 Å². The number of fused-ring (bicyclic) bond motifs is 3. The minimum absolute atomic E-state index is 0.0255.